The summed E-state index contributed by atoms with van der Waals surface area (Å²) in [6.07, 6.45) is -0.255. The van der Waals surface area contributed by atoms with Crippen LogP contribution in [0.1, 0.15) is 39.9 Å². The largest absolute Gasteiger partial charge is 0.357 e. The van der Waals surface area contributed by atoms with Gasteiger partial charge in [0, 0.05) is 24.7 Å². The third-order valence-corrected chi connectivity index (χ3v) is 7.74. The Morgan fingerprint density at radius 3 is 2.04 bits per heavy atom. The minimum atomic E-state index is -4.76. The van der Waals surface area contributed by atoms with Crippen molar-refractivity contribution in [3.63, 3.8) is 0 Å². The zero-order valence-electron chi connectivity index (χ0n) is 24.7. The van der Waals surface area contributed by atoms with Crippen molar-refractivity contribution < 1.29 is 95.0 Å². The summed E-state index contributed by atoms with van der Waals surface area (Å²) in [4.78, 5) is 35.7. The van der Waals surface area contributed by atoms with Crippen LogP contribution >= 0.6 is 0 Å². The topological polar surface area (TPSA) is 374 Å². The van der Waals surface area contributed by atoms with Gasteiger partial charge in [-0.2, -0.15) is 0 Å². The maximum atomic E-state index is 15.4. The highest BCUT2D eigenvalue weighted by Crippen LogP contribution is 2.47. The number of morpholine rings is 1. The smallest absolute Gasteiger partial charge is 0.356 e. The summed E-state index contributed by atoms with van der Waals surface area (Å²) in [5.41, 5.74) is -4.57. The molecule has 2 aromatic rings. The molecule has 1 atom stereocenters. The molecule has 270 valence electrons. The molecule has 0 aromatic heterocycles. The number of nitrogens with one attached hydrogen (secondary N) is 2. The second-order valence-electron chi connectivity index (χ2n) is 11.0. The van der Waals surface area contributed by atoms with Crippen LogP contribution in [0.5, 0.6) is 0 Å². The zero-order chi connectivity index (χ0) is 37.3. The first-order valence-electron chi connectivity index (χ1n) is 13.6. The fourth-order valence-corrected chi connectivity index (χ4v) is 5.39. The van der Waals surface area contributed by atoms with Gasteiger partial charge >= 0.3 is 23.8 Å². The number of halogens is 1. The Bertz CT molecular complexity index is 1640. The number of benzene rings is 2. The molecule has 1 fully saturated rings. The lowest BCUT2D eigenvalue weighted by Crippen LogP contribution is -2.87. The van der Waals surface area contributed by atoms with E-state index in [0.717, 1.165) is 18.2 Å². The summed E-state index contributed by atoms with van der Waals surface area (Å²) >= 11 is 0. The number of ether oxygens (including phenoxy) is 1. The molecular weight excluding hydrogens is 675 g/mol. The van der Waals surface area contributed by atoms with E-state index in [0.29, 0.717) is 23.3 Å². The van der Waals surface area contributed by atoms with Gasteiger partial charge in [0.2, 0.25) is 5.91 Å². The zero-order valence-corrected chi connectivity index (χ0v) is 24.7. The Labute approximate surface area is 271 Å². The summed E-state index contributed by atoms with van der Waals surface area (Å²) < 4.78 is 19.1. The van der Waals surface area contributed by atoms with Gasteiger partial charge in [-0.25, -0.2) is 4.39 Å². The number of likely N-dealkylation sites (N-methyl/N-ethyl adjacent to an activating group) is 1. The number of fused-ring (bicyclic) bond motifs is 1. The van der Waals surface area contributed by atoms with Crippen molar-refractivity contribution in [3.8, 4) is 0 Å². The van der Waals surface area contributed by atoms with E-state index in [2.05, 4.69) is 10.1 Å². The minimum Gasteiger partial charge on any atom is -0.357 e. The van der Waals surface area contributed by atoms with Gasteiger partial charge in [0.15, 0.2) is 0 Å². The van der Waals surface area contributed by atoms with E-state index in [1.54, 1.807) is 0 Å². The fraction of sp³-hybridized carbons (Fsp3) is 0.423. The molecule has 2 aromatic carbocycles. The van der Waals surface area contributed by atoms with Crippen LogP contribution in [0.25, 0.3) is 0 Å². The van der Waals surface area contributed by atoms with Crippen LogP contribution in [0.3, 0.4) is 0 Å². The molecule has 0 saturated carbocycles. The Kier molecular flexibility index (Phi) is 9.20. The molecule has 49 heavy (non-hydrogen) atoms. The van der Waals surface area contributed by atoms with Crippen molar-refractivity contribution in [1.29, 1.82) is 0 Å². The van der Waals surface area contributed by atoms with Crippen LogP contribution in [0.4, 0.5) is 10.1 Å². The third-order valence-electron chi connectivity index (χ3n) is 7.74. The second kappa shape index (κ2) is 11.9. The average molecular weight is 707 g/mol. The first kappa shape index (κ1) is 38.0. The van der Waals surface area contributed by atoms with Crippen LogP contribution in [-0.4, -0.2) is 136 Å². The summed E-state index contributed by atoms with van der Waals surface area (Å²) in [7, 11) is 1.17. The van der Waals surface area contributed by atoms with E-state index >= 15 is 4.39 Å². The van der Waals surface area contributed by atoms with Crippen molar-refractivity contribution in [1.82, 2.24) is 15.1 Å². The number of hydrogen-bond acceptors (Lipinski definition) is 20. The van der Waals surface area contributed by atoms with E-state index in [9.17, 15) is 85.9 Å². The van der Waals surface area contributed by atoms with Crippen molar-refractivity contribution in [2.24, 2.45) is 0 Å². The number of anilines is 1. The SMILES string of the molecule is CNC(=O)C(CCC=O)N1C(=O)c2cccc(NC(O)(O)c3ccc(C(O)(O)N4C(O)(O)C(O)(O)OC(O)(O)C4(O)O)cc3F)c2C1(O)O. The molecule has 16 N–H and O–H groups in total. The molecule has 2 aliphatic heterocycles. The lowest BCUT2D eigenvalue weighted by atomic mass is 10.0. The van der Waals surface area contributed by atoms with Crippen molar-refractivity contribution in [2.75, 3.05) is 12.4 Å². The number of nitrogens with zero attached hydrogens (tertiary/aromatic N) is 2. The van der Waals surface area contributed by atoms with Gasteiger partial charge < -0.3 is 86.9 Å². The fourth-order valence-electron chi connectivity index (χ4n) is 5.39. The number of carbonyl (C=O) groups is 3. The molecule has 0 radical (unpaired) electrons. The molecule has 0 aliphatic carbocycles. The van der Waals surface area contributed by atoms with E-state index in [1.165, 1.54) is 7.05 Å². The predicted molar refractivity (Wildman–Crippen MR) is 146 cm³/mol. The van der Waals surface area contributed by atoms with Crippen LogP contribution in [-0.2, 0) is 32.1 Å². The highest BCUT2D eigenvalue weighted by molar-refractivity contribution is 6.03. The number of amides is 2. The number of aldehydes is 1. The number of rotatable bonds is 10. The van der Waals surface area contributed by atoms with Crippen LogP contribution < -0.4 is 10.6 Å². The quantitative estimate of drug-likeness (QED) is 0.0805. The van der Waals surface area contributed by atoms with E-state index < -0.39 is 98.0 Å². The lowest BCUT2D eigenvalue weighted by Gasteiger charge is -2.57. The van der Waals surface area contributed by atoms with E-state index in [-0.39, 0.29) is 18.9 Å². The summed E-state index contributed by atoms with van der Waals surface area (Å²) in [5, 5.41) is 149. The molecule has 4 rings (SSSR count). The van der Waals surface area contributed by atoms with Crippen LogP contribution in [0.2, 0.25) is 0 Å². The molecule has 23 heteroatoms. The molecule has 0 spiro atoms. The molecule has 2 heterocycles. The molecule has 22 nitrogen and oxygen atoms in total. The van der Waals surface area contributed by atoms with E-state index in [1.807, 2.05) is 5.32 Å². The summed E-state index contributed by atoms with van der Waals surface area (Å²) in [6.45, 7) is 0. The van der Waals surface area contributed by atoms with Gasteiger partial charge in [-0.05, 0) is 30.7 Å². The highest BCUT2D eigenvalue weighted by Gasteiger charge is 2.78. The standard InChI is InChI=1S/C26H31FN4O18/c1-28-18(33)16(6-3-9-32)30-19(34)12-4-2-5-15(17(12)22(30,39)40)29-20(35,36)13-8-7-11(10-14(13)27)21(37,38)31-23(41,42)25(45,46)49-26(47,48)24(31,43)44/h2,4-5,7-10,16,29,35-48H,3,6H2,1H3,(H,28,33). The maximum absolute atomic E-state index is 15.4. The molecular formula is C26H31FN4O18. The van der Waals surface area contributed by atoms with Gasteiger partial charge in [-0.3, -0.25) is 19.2 Å². The molecule has 2 amide bonds. The van der Waals surface area contributed by atoms with Gasteiger partial charge in [0.1, 0.15) is 18.1 Å². The van der Waals surface area contributed by atoms with Gasteiger partial charge in [-0.1, -0.05) is 12.1 Å². The normalized spacial score (nSPS) is 21.6. The highest BCUT2D eigenvalue weighted by atomic mass is 19.1. The van der Waals surface area contributed by atoms with Gasteiger partial charge in [-0.15, -0.1) is 4.90 Å². The van der Waals surface area contributed by atoms with Gasteiger partial charge in [0.25, 0.3) is 23.6 Å². The minimum absolute atomic E-state index is 0.0310. The van der Waals surface area contributed by atoms with Crippen LogP contribution in [0, 0.1) is 5.82 Å². The monoisotopic (exact) mass is 706 g/mol. The van der Waals surface area contributed by atoms with Crippen molar-refractivity contribution >= 4 is 23.8 Å². The lowest BCUT2D eigenvalue weighted by molar-refractivity contribution is -0.681. The third kappa shape index (κ3) is 5.81. The Morgan fingerprint density at radius 1 is 0.959 bits per heavy atom. The molecule has 1 saturated heterocycles. The van der Waals surface area contributed by atoms with Crippen molar-refractivity contribution in [3.05, 3.63) is 64.5 Å². The first-order valence-corrected chi connectivity index (χ1v) is 13.6. The summed E-state index contributed by atoms with van der Waals surface area (Å²) in [5.74, 6) is -34.1. The second-order valence-corrected chi connectivity index (χ2v) is 11.0. The Hall–Kier alpha value is -3.86. The molecule has 0 bridgehead atoms. The van der Waals surface area contributed by atoms with Crippen molar-refractivity contribution in [2.45, 2.75) is 60.4 Å². The van der Waals surface area contributed by atoms with Crippen LogP contribution in [0.15, 0.2) is 36.4 Å². The molecule has 2 aliphatic rings. The average Bonchev–Trinajstić information content (AvgIpc) is 3.16. The maximum Gasteiger partial charge on any atom is 0.356 e. The number of carbonyl (C=O) groups excluding carboxylic acids is 3. The number of hydrogen-bond donors (Lipinski definition) is 16. The van der Waals surface area contributed by atoms with Gasteiger partial charge in [0.05, 0.1) is 16.7 Å². The molecule has 1 unspecified atom stereocenters. The van der Waals surface area contributed by atoms with E-state index in [4.69, 9.17) is 0 Å². The Morgan fingerprint density at radius 2 is 1.53 bits per heavy atom. The Balaban J connectivity index is 1.74. The number of aliphatic hydroxyl groups is 14. The predicted octanol–water partition coefficient (Wildman–Crippen LogP) is -7.34. The summed E-state index contributed by atoms with van der Waals surface area (Å²) in [6, 6.07) is 2.16. The first-order chi connectivity index (χ1) is 22.2.